The SMILES string of the molecule is O=c1cc(COc2cccc(OCC3CCOCC3)c2)[nH]c2ccccc12. The third kappa shape index (κ3) is 4.49. The van der Waals surface area contributed by atoms with Crippen molar-refractivity contribution in [3.8, 4) is 11.5 Å². The van der Waals surface area contributed by atoms with Crippen LogP contribution in [0.15, 0.2) is 59.4 Å². The van der Waals surface area contributed by atoms with Crippen LogP contribution in [0.1, 0.15) is 18.5 Å². The summed E-state index contributed by atoms with van der Waals surface area (Å²) in [7, 11) is 0. The van der Waals surface area contributed by atoms with Crippen molar-refractivity contribution >= 4 is 10.9 Å². The van der Waals surface area contributed by atoms with Crippen LogP contribution in [0.25, 0.3) is 10.9 Å². The van der Waals surface area contributed by atoms with E-state index in [9.17, 15) is 4.79 Å². The molecule has 0 radical (unpaired) electrons. The second-order valence-corrected chi connectivity index (χ2v) is 6.83. The number of hydrogen-bond donors (Lipinski definition) is 1. The minimum atomic E-state index is -0.00324. The van der Waals surface area contributed by atoms with Crippen molar-refractivity contribution in [2.75, 3.05) is 19.8 Å². The van der Waals surface area contributed by atoms with Gasteiger partial charge in [0, 0.05) is 36.2 Å². The number of pyridine rings is 1. The van der Waals surface area contributed by atoms with Crippen LogP contribution in [-0.2, 0) is 11.3 Å². The predicted molar refractivity (Wildman–Crippen MR) is 104 cm³/mol. The number of aromatic amines is 1. The van der Waals surface area contributed by atoms with Crippen LogP contribution in [0.2, 0.25) is 0 Å². The molecule has 0 spiro atoms. The summed E-state index contributed by atoms with van der Waals surface area (Å²) in [5.74, 6) is 2.06. The smallest absolute Gasteiger partial charge is 0.189 e. The van der Waals surface area contributed by atoms with E-state index in [-0.39, 0.29) is 5.43 Å². The molecule has 0 unspecified atom stereocenters. The first-order valence-electron chi connectivity index (χ1n) is 9.32. The van der Waals surface area contributed by atoms with Gasteiger partial charge >= 0.3 is 0 Å². The number of benzene rings is 2. The lowest BCUT2D eigenvalue weighted by Gasteiger charge is -2.22. The van der Waals surface area contributed by atoms with Crippen molar-refractivity contribution in [2.45, 2.75) is 19.4 Å². The second-order valence-electron chi connectivity index (χ2n) is 6.83. The highest BCUT2D eigenvalue weighted by Gasteiger charge is 2.14. The molecule has 0 amide bonds. The number of rotatable bonds is 6. The average molecular weight is 365 g/mol. The maximum Gasteiger partial charge on any atom is 0.189 e. The van der Waals surface area contributed by atoms with E-state index in [1.165, 1.54) is 0 Å². The van der Waals surface area contributed by atoms with Gasteiger partial charge < -0.3 is 19.2 Å². The van der Waals surface area contributed by atoms with Crippen LogP contribution >= 0.6 is 0 Å². The van der Waals surface area contributed by atoms with E-state index in [1.807, 2.05) is 48.5 Å². The van der Waals surface area contributed by atoms with Gasteiger partial charge in [-0.15, -0.1) is 0 Å². The molecule has 1 saturated heterocycles. The number of ether oxygens (including phenoxy) is 3. The highest BCUT2D eigenvalue weighted by atomic mass is 16.5. The van der Waals surface area contributed by atoms with Crippen molar-refractivity contribution in [3.05, 3.63) is 70.5 Å². The van der Waals surface area contributed by atoms with E-state index in [2.05, 4.69) is 4.98 Å². The Hall–Kier alpha value is -2.79. The summed E-state index contributed by atoms with van der Waals surface area (Å²) < 4.78 is 17.2. The third-order valence-corrected chi connectivity index (χ3v) is 4.82. The first-order valence-corrected chi connectivity index (χ1v) is 9.32. The predicted octanol–water partition coefficient (Wildman–Crippen LogP) is 3.91. The summed E-state index contributed by atoms with van der Waals surface area (Å²) in [5, 5.41) is 0.685. The Morgan fingerprint density at radius 3 is 2.59 bits per heavy atom. The quantitative estimate of drug-likeness (QED) is 0.719. The van der Waals surface area contributed by atoms with Crippen LogP contribution in [0.3, 0.4) is 0 Å². The lowest BCUT2D eigenvalue weighted by molar-refractivity contribution is 0.0497. The van der Waals surface area contributed by atoms with Gasteiger partial charge in [-0.1, -0.05) is 18.2 Å². The fourth-order valence-electron chi connectivity index (χ4n) is 3.27. The molecule has 140 valence electrons. The molecule has 0 aliphatic carbocycles. The summed E-state index contributed by atoms with van der Waals surface area (Å²) in [6, 6.07) is 16.7. The maximum atomic E-state index is 12.2. The Balaban J connectivity index is 1.39. The Morgan fingerprint density at radius 2 is 1.74 bits per heavy atom. The van der Waals surface area contributed by atoms with Gasteiger partial charge in [0.25, 0.3) is 0 Å². The number of fused-ring (bicyclic) bond motifs is 1. The monoisotopic (exact) mass is 365 g/mol. The number of aromatic nitrogens is 1. The van der Waals surface area contributed by atoms with Crippen LogP contribution in [0.4, 0.5) is 0 Å². The van der Waals surface area contributed by atoms with Gasteiger partial charge in [-0.25, -0.2) is 0 Å². The lowest BCUT2D eigenvalue weighted by Crippen LogP contribution is -2.21. The molecule has 1 aliphatic heterocycles. The largest absolute Gasteiger partial charge is 0.493 e. The van der Waals surface area contributed by atoms with E-state index in [0.717, 1.165) is 43.0 Å². The normalized spacial score (nSPS) is 15.0. The fourth-order valence-corrected chi connectivity index (χ4v) is 3.27. The molecule has 5 heteroatoms. The molecule has 1 aliphatic rings. The van der Waals surface area contributed by atoms with E-state index in [4.69, 9.17) is 14.2 Å². The van der Waals surface area contributed by atoms with Crippen molar-refractivity contribution in [1.82, 2.24) is 4.98 Å². The van der Waals surface area contributed by atoms with Crippen molar-refractivity contribution in [3.63, 3.8) is 0 Å². The Morgan fingerprint density at radius 1 is 0.963 bits per heavy atom. The molecule has 5 nitrogen and oxygen atoms in total. The van der Waals surface area contributed by atoms with Crippen LogP contribution in [-0.4, -0.2) is 24.8 Å². The Labute approximate surface area is 157 Å². The molecule has 0 bridgehead atoms. The van der Waals surface area contributed by atoms with Gasteiger partial charge in [0.2, 0.25) is 0 Å². The average Bonchev–Trinajstić information content (AvgIpc) is 2.72. The summed E-state index contributed by atoms with van der Waals surface area (Å²) in [5.41, 5.74) is 1.56. The molecule has 1 N–H and O–H groups in total. The lowest BCUT2D eigenvalue weighted by atomic mass is 10.0. The molecule has 0 saturated carbocycles. The van der Waals surface area contributed by atoms with E-state index >= 15 is 0 Å². The first-order chi connectivity index (χ1) is 13.3. The minimum absolute atomic E-state index is 0.00324. The van der Waals surface area contributed by atoms with Gasteiger partial charge in [-0.3, -0.25) is 4.79 Å². The number of para-hydroxylation sites is 1. The third-order valence-electron chi connectivity index (χ3n) is 4.82. The Bertz CT molecular complexity index is 960. The first kappa shape index (κ1) is 17.6. The Kier molecular flexibility index (Phi) is 5.39. The fraction of sp³-hybridized carbons (Fsp3) is 0.318. The van der Waals surface area contributed by atoms with E-state index < -0.39 is 0 Å². The maximum absolute atomic E-state index is 12.2. The van der Waals surface area contributed by atoms with Crippen molar-refractivity contribution in [2.24, 2.45) is 5.92 Å². The number of nitrogens with one attached hydrogen (secondary N) is 1. The molecule has 0 atom stereocenters. The summed E-state index contributed by atoms with van der Waals surface area (Å²) in [4.78, 5) is 15.4. The van der Waals surface area contributed by atoms with Crippen LogP contribution in [0, 0.1) is 5.92 Å². The van der Waals surface area contributed by atoms with Gasteiger partial charge in [0.1, 0.15) is 18.1 Å². The van der Waals surface area contributed by atoms with Crippen LogP contribution in [0.5, 0.6) is 11.5 Å². The highest BCUT2D eigenvalue weighted by molar-refractivity contribution is 5.78. The minimum Gasteiger partial charge on any atom is -0.493 e. The van der Waals surface area contributed by atoms with Gasteiger partial charge in [-0.05, 0) is 43.0 Å². The number of hydrogen-bond acceptors (Lipinski definition) is 4. The molecule has 4 rings (SSSR count). The standard InChI is InChI=1S/C22H23NO4/c24-22-12-17(23-21-7-2-1-6-20(21)22)15-27-19-5-3-4-18(13-19)26-14-16-8-10-25-11-9-16/h1-7,12-13,16H,8-11,14-15H2,(H,23,24). The van der Waals surface area contributed by atoms with Crippen LogP contribution < -0.4 is 14.9 Å². The zero-order valence-electron chi connectivity index (χ0n) is 15.1. The molecule has 1 fully saturated rings. The zero-order chi connectivity index (χ0) is 18.5. The van der Waals surface area contributed by atoms with Gasteiger partial charge in [0.15, 0.2) is 5.43 Å². The highest BCUT2D eigenvalue weighted by Crippen LogP contribution is 2.22. The van der Waals surface area contributed by atoms with Crippen molar-refractivity contribution < 1.29 is 14.2 Å². The summed E-state index contributed by atoms with van der Waals surface area (Å²) in [6.07, 6.45) is 2.09. The van der Waals surface area contributed by atoms with E-state index in [0.29, 0.717) is 30.3 Å². The molecule has 3 aromatic rings. The molecular formula is C22H23NO4. The van der Waals surface area contributed by atoms with E-state index in [1.54, 1.807) is 6.07 Å². The summed E-state index contributed by atoms with van der Waals surface area (Å²) >= 11 is 0. The summed E-state index contributed by atoms with van der Waals surface area (Å²) in [6.45, 7) is 2.64. The van der Waals surface area contributed by atoms with Gasteiger partial charge in [0.05, 0.1) is 12.3 Å². The molecular weight excluding hydrogens is 342 g/mol. The molecule has 1 aromatic heterocycles. The molecule has 2 heterocycles. The van der Waals surface area contributed by atoms with Gasteiger partial charge in [-0.2, -0.15) is 0 Å². The molecule has 2 aromatic carbocycles. The van der Waals surface area contributed by atoms with Crippen molar-refractivity contribution in [1.29, 1.82) is 0 Å². The second kappa shape index (κ2) is 8.27. The zero-order valence-corrected chi connectivity index (χ0v) is 15.1. The topological polar surface area (TPSA) is 60.6 Å². The number of H-pyrrole nitrogens is 1. The molecule has 27 heavy (non-hydrogen) atoms.